The van der Waals surface area contributed by atoms with E-state index in [0.717, 1.165) is 12.8 Å². The molecule has 1 unspecified atom stereocenters. The van der Waals surface area contributed by atoms with Gasteiger partial charge in [-0.25, -0.2) is 0 Å². The quantitative estimate of drug-likeness (QED) is 0.182. The standard InChI is InChI=1S/C22H37NO6SSi/c1-18(24)9-13-30-20-17-21(26)23(22(20)27)10-12-29-11-5-8-19(25)7-3-4-14-31(28-2)15-6-16-31/h20H,3-17H2,1-2H3. The van der Waals surface area contributed by atoms with Crippen LogP contribution in [0, 0.1) is 0 Å². The Kier molecular flexibility index (Phi) is 11.4. The Hall–Kier alpha value is -1.03. The summed E-state index contributed by atoms with van der Waals surface area (Å²) in [7, 11) is 0.483. The first-order valence-corrected chi connectivity index (χ1v) is 15.0. The molecule has 0 saturated carbocycles. The minimum atomic E-state index is -1.36. The second-order valence-electron chi connectivity index (χ2n) is 8.60. The van der Waals surface area contributed by atoms with Gasteiger partial charge in [-0.2, -0.15) is 0 Å². The largest absolute Gasteiger partial charge is 0.420 e. The third-order valence-corrected chi connectivity index (χ3v) is 12.1. The number of Topliss-reactive ketones (excluding diaryl/α,β-unsaturated/α-hetero) is 2. The predicted octanol–water partition coefficient (Wildman–Crippen LogP) is 3.36. The molecule has 2 rings (SSSR count). The molecule has 0 spiro atoms. The number of hydrogen-bond donors (Lipinski definition) is 0. The maximum atomic E-state index is 12.3. The van der Waals surface area contributed by atoms with Crippen molar-refractivity contribution in [3.8, 4) is 0 Å². The molecule has 2 saturated heterocycles. The minimum absolute atomic E-state index is 0.0859. The van der Waals surface area contributed by atoms with Crippen molar-refractivity contribution in [1.29, 1.82) is 0 Å². The Bertz CT molecular complexity index is 634. The average Bonchev–Trinajstić information content (AvgIpc) is 2.96. The van der Waals surface area contributed by atoms with Gasteiger partial charge in [-0.05, 0) is 37.9 Å². The molecular weight excluding hydrogens is 434 g/mol. The van der Waals surface area contributed by atoms with Crippen molar-refractivity contribution in [2.45, 2.75) is 81.7 Å². The van der Waals surface area contributed by atoms with E-state index in [0.29, 0.717) is 44.6 Å². The first-order chi connectivity index (χ1) is 14.9. The van der Waals surface area contributed by atoms with E-state index in [9.17, 15) is 19.2 Å². The molecule has 176 valence electrons. The van der Waals surface area contributed by atoms with Gasteiger partial charge in [0.2, 0.25) is 11.8 Å². The first-order valence-electron chi connectivity index (χ1n) is 11.5. The van der Waals surface area contributed by atoms with Gasteiger partial charge >= 0.3 is 0 Å². The third-order valence-electron chi connectivity index (χ3n) is 6.22. The summed E-state index contributed by atoms with van der Waals surface area (Å²) in [5.41, 5.74) is 0. The Morgan fingerprint density at radius 1 is 1.10 bits per heavy atom. The number of thioether (sulfide) groups is 1. The van der Waals surface area contributed by atoms with Gasteiger partial charge in [-0.1, -0.05) is 12.8 Å². The lowest BCUT2D eigenvalue weighted by Gasteiger charge is -2.37. The lowest BCUT2D eigenvalue weighted by molar-refractivity contribution is -0.139. The van der Waals surface area contributed by atoms with Crippen molar-refractivity contribution >= 4 is 43.5 Å². The number of unbranched alkanes of at least 4 members (excludes halogenated alkanes) is 1. The zero-order chi connectivity index (χ0) is 22.7. The molecule has 2 heterocycles. The summed E-state index contributed by atoms with van der Waals surface area (Å²) in [5.74, 6) is 0.567. The number of imide groups is 1. The van der Waals surface area contributed by atoms with E-state index < -0.39 is 8.32 Å². The summed E-state index contributed by atoms with van der Waals surface area (Å²) in [6, 6.07) is 3.75. The lowest BCUT2D eigenvalue weighted by Crippen LogP contribution is -2.43. The van der Waals surface area contributed by atoms with Gasteiger partial charge in [0.05, 0.1) is 18.4 Å². The molecule has 0 radical (unpaired) electrons. The topological polar surface area (TPSA) is 90.0 Å². The summed E-state index contributed by atoms with van der Waals surface area (Å²) in [6.45, 7) is 2.52. The van der Waals surface area contributed by atoms with Gasteiger partial charge in [0.15, 0.2) is 8.32 Å². The van der Waals surface area contributed by atoms with Crippen molar-refractivity contribution in [2.24, 2.45) is 0 Å². The molecule has 31 heavy (non-hydrogen) atoms. The maximum Gasteiger partial charge on any atom is 0.242 e. The van der Waals surface area contributed by atoms with Crippen molar-refractivity contribution in [3.05, 3.63) is 0 Å². The first kappa shape index (κ1) is 26.2. The highest BCUT2D eigenvalue weighted by atomic mass is 32.2. The summed E-state index contributed by atoms with van der Waals surface area (Å²) >= 11 is 1.38. The van der Waals surface area contributed by atoms with Crippen LogP contribution in [0.4, 0.5) is 0 Å². The highest BCUT2D eigenvalue weighted by Crippen LogP contribution is 2.37. The fourth-order valence-corrected chi connectivity index (χ4v) is 8.38. The Morgan fingerprint density at radius 3 is 2.48 bits per heavy atom. The highest BCUT2D eigenvalue weighted by molar-refractivity contribution is 8.00. The van der Waals surface area contributed by atoms with E-state index in [1.807, 2.05) is 7.11 Å². The fourth-order valence-electron chi connectivity index (χ4n) is 4.01. The molecule has 9 heteroatoms. The number of hydrogen-bond acceptors (Lipinski definition) is 7. The number of carbonyl (C=O) groups excluding carboxylic acids is 4. The van der Waals surface area contributed by atoms with Crippen LogP contribution in [0.1, 0.15) is 58.3 Å². The third kappa shape index (κ3) is 8.79. The number of amides is 2. The second kappa shape index (κ2) is 13.5. The summed E-state index contributed by atoms with van der Waals surface area (Å²) in [6.07, 6.45) is 5.78. The van der Waals surface area contributed by atoms with E-state index in [-0.39, 0.29) is 41.6 Å². The van der Waals surface area contributed by atoms with E-state index in [1.165, 1.54) is 48.1 Å². The zero-order valence-electron chi connectivity index (χ0n) is 19.0. The van der Waals surface area contributed by atoms with E-state index in [2.05, 4.69) is 0 Å². The van der Waals surface area contributed by atoms with Crippen molar-refractivity contribution in [3.63, 3.8) is 0 Å². The van der Waals surface area contributed by atoms with Crippen LogP contribution in [0.15, 0.2) is 0 Å². The van der Waals surface area contributed by atoms with Crippen LogP contribution in [0.25, 0.3) is 0 Å². The van der Waals surface area contributed by atoms with Gasteiger partial charge in [-0.15, -0.1) is 11.8 Å². The molecule has 0 bridgehead atoms. The summed E-state index contributed by atoms with van der Waals surface area (Å²) in [5, 5.41) is -0.379. The molecule has 2 aliphatic rings. The monoisotopic (exact) mass is 471 g/mol. The molecule has 2 aliphatic heterocycles. The number of rotatable bonds is 17. The van der Waals surface area contributed by atoms with Crippen LogP contribution < -0.4 is 0 Å². The van der Waals surface area contributed by atoms with Crippen LogP contribution in [-0.4, -0.2) is 74.5 Å². The normalized spacial score (nSPS) is 20.2. The number of carbonyl (C=O) groups is 4. The zero-order valence-corrected chi connectivity index (χ0v) is 20.8. The van der Waals surface area contributed by atoms with Crippen molar-refractivity contribution in [2.75, 3.05) is 32.6 Å². The second-order valence-corrected chi connectivity index (χ2v) is 14.2. The van der Waals surface area contributed by atoms with E-state index >= 15 is 0 Å². The maximum absolute atomic E-state index is 12.3. The molecule has 7 nitrogen and oxygen atoms in total. The van der Waals surface area contributed by atoms with Crippen LogP contribution >= 0.6 is 11.8 Å². The molecule has 0 N–H and O–H groups in total. The average molecular weight is 472 g/mol. The molecule has 0 aromatic heterocycles. The molecule has 2 amide bonds. The van der Waals surface area contributed by atoms with Crippen LogP contribution in [0.5, 0.6) is 0 Å². The number of ether oxygens (including phenoxy) is 1. The highest BCUT2D eigenvalue weighted by Gasteiger charge is 2.40. The molecule has 0 aliphatic carbocycles. The predicted molar refractivity (Wildman–Crippen MR) is 124 cm³/mol. The van der Waals surface area contributed by atoms with Crippen molar-refractivity contribution < 1.29 is 28.3 Å². The summed E-state index contributed by atoms with van der Waals surface area (Å²) in [4.78, 5) is 48.7. The minimum Gasteiger partial charge on any atom is -0.420 e. The van der Waals surface area contributed by atoms with Crippen molar-refractivity contribution in [1.82, 2.24) is 4.90 Å². The lowest BCUT2D eigenvalue weighted by atomic mass is 10.1. The molecular formula is C22H37NO6SSi. The van der Waals surface area contributed by atoms with Gasteiger partial charge in [0.25, 0.3) is 0 Å². The Labute approximate surface area is 191 Å². The number of ketones is 2. The number of likely N-dealkylation sites (tertiary alicyclic amines) is 1. The molecule has 2 fully saturated rings. The van der Waals surface area contributed by atoms with Gasteiger partial charge in [-0.3, -0.25) is 24.1 Å². The van der Waals surface area contributed by atoms with Crippen LogP contribution in [0.2, 0.25) is 18.1 Å². The number of nitrogens with zero attached hydrogens (tertiary/aromatic N) is 1. The fraction of sp³-hybridized carbons (Fsp3) is 0.818. The smallest absolute Gasteiger partial charge is 0.242 e. The van der Waals surface area contributed by atoms with Crippen LogP contribution in [-0.2, 0) is 28.3 Å². The molecule has 1 atom stereocenters. The van der Waals surface area contributed by atoms with E-state index in [1.54, 1.807) is 0 Å². The van der Waals surface area contributed by atoms with E-state index in [4.69, 9.17) is 9.16 Å². The molecule has 0 aromatic rings. The molecule has 0 aromatic carbocycles. The Balaban J connectivity index is 1.48. The SMILES string of the molecule is CO[Si]1(CCCCC(=O)CCCOCCN2C(=O)CC(SCCC(C)=O)C2=O)CCC1. The Morgan fingerprint density at radius 2 is 1.84 bits per heavy atom. The van der Waals surface area contributed by atoms with Gasteiger partial charge < -0.3 is 9.16 Å². The van der Waals surface area contributed by atoms with Gasteiger partial charge in [0, 0.05) is 45.2 Å². The summed E-state index contributed by atoms with van der Waals surface area (Å²) < 4.78 is 11.3. The van der Waals surface area contributed by atoms with Gasteiger partial charge in [0.1, 0.15) is 11.6 Å². The van der Waals surface area contributed by atoms with Crippen LogP contribution in [0.3, 0.4) is 0 Å².